The third-order valence-corrected chi connectivity index (χ3v) is 3.31. The Morgan fingerprint density at radius 1 is 1.29 bits per heavy atom. The standard InChI is InChI=1S/C10H8F2OS/c1-5-2-7(13)3-6-4-8(10(11)12)14-9(5)6/h2-4,10,13H,1H3. The van der Waals surface area contributed by atoms with Crippen molar-refractivity contribution in [2.24, 2.45) is 0 Å². The molecule has 0 aliphatic carbocycles. The lowest BCUT2D eigenvalue weighted by Gasteiger charge is -1.96. The van der Waals surface area contributed by atoms with Crippen LogP contribution >= 0.6 is 11.3 Å². The van der Waals surface area contributed by atoms with Gasteiger partial charge in [-0.25, -0.2) is 8.78 Å². The summed E-state index contributed by atoms with van der Waals surface area (Å²) in [7, 11) is 0. The minimum atomic E-state index is -2.44. The van der Waals surface area contributed by atoms with Crippen LogP contribution in [0, 0.1) is 6.92 Å². The van der Waals surface area contributed by atoms with E-state index in [1.54, 1.807) is 13.0 Å². The minimum Gasteiger partial charge on any atom is -0.508 e. The molecule has 0 amide bonds. The maximum atomic E-state index is 12.4. The molecular weight excluding hydrogens is 206 g/mol. The normalized spacial score (nSPS) is 11.4. The fourth-order valence-corrected chi connectivity index (χ4v) is 2.40. The molecule has 1 N–H and O–H groups in total. The van der Waals surface area contributed by atoms with Gasteiger partial charge in [0.25, 0.3) is 6.43 Å². The number of phenols is 1. The molecule has 0 bridgehead atoms. The molecule has 74 valence electrons. The molecule has 1 aromatic carbocycles. The van der Waals surface area contributed by atoms with Crippen LogP contribution in [-0.4, -0.2) is 5.11 Å². The molecule has 14 heavy (non-hydrogen) atoms. The maximum Gasteiger partial charge on any atom is 0.272 e. The number of rotatable bonds is 1. The lowest BCUT2D eigenvalue weighted by Crippen LogP contribution is -1.72. The van der Waals surface area contributed by atoms with Crippen molar-refractivity contribution < 1.29 is 13.9 Å². The third kappa shape index (κ3) is 1.46. The molecule has 0 saturated carbocycles. The molecule has 1 heterocycles. The quantitative estimate of drug-likeness (QED) is 0.764. The first-order valence-electron chi connectivity index (χ1n) is 4.09. The average Bonchev–Trinajstić information content (AvgIpc) is 2.47. The highest BCUT2D eigenvalue weighted by atomic mass is 32.1. The second-order valence-corrected chi connectivity index (χ2v) is 4.21. The highest BCUT2D eigenvalue weighted by Gasteiger charge is 2.12. The monoisotopic (exact) mass is 214 g/mol. The molecule has 0 radical (unpaired) electrons. The minimum absolute atomic E-state index is 0.0497. The summed E-state index contributed by atoms with van der Waals surface area (Å²) in [5, 5.41) is 9.96. The van der Waals surface area contributed by atoms with E-state index in [1.165, 1.54) is 12.1 Å². The van der Waals surface area contributed by atoms with Gasteiger partial charge in [-0.15, -0.1) is 11.3 Å². The number of thiophene rings is 1. The van der Waals surface area contributed by atoms with Gasteiger partial charge >= 0.3 is 0 Å². The Balaban J connectivity index is 2.70. The fraction of sp³-hybridized carbons (Fsp3) is 0.200. The number of fused-ring (bicyclic) bond motifs is 1. The fourth-order valence-electron chi connectivity index (χ4n) is 1.44. The van der Waals surface area contributed by atoms with Crippen LogP contribution in [0.15, 0.2) is 18.2 Å². The third-order valence-electron chi connectivity index (χ3n) is 2.02. The van der Waals surface area contributed by atoms with Gasteiger partial charge in [0.05, 0.1) is 4.88 Å². The Hall–Kier alpha value is -1.16. The zero-order valence-electron chi connectivity index (χ0n) is 7.42. The summed E-state index contributed by atoms with van der Waals surface area (Å²) >= 11 is 1.08. The molecule has 4 heteroatoms. The van der Waals surface area contributed by atoms with E-state index in [1.807, 2.05) is 0 Å². The van der Waals surface area contributed by atoms with Crippen molar-refractivity contribution >= 4 is 21.4 Å². The predicted octanol–water partition coefficient (Wildman–Crippen LogP) is 3.85. The zero-order chi connectivity index (χ0) is 10.3. The summed E-state index contributed by atoms with van der Waals surface area (Å²) in [5.74, 6) is 0.119. The van der Waals surface area contributed by atoms with E-state index in [9.17, 15) is 13.9 Å². The molecule has 0 aliphatic rings. The van der Waals surface area contributed by atoms with E-state index in [0.29, 0.717) is 5.39 Å². The van der Waals surface area contributed by atoms with Gasteiger partial charge in [0, 0.05) is 4.70 Å². The Labute approximate surface area is 83.6 Å². The Morgan fingerprint density at radius 3 is 2.64 bits per heavy atom. The van der Waals surface area contributed by atoms with Crippen LogP contribution in [0.4, 0.5) is 8.78 Å². The van der Waals surface area contributed by atoms with Crippen LogP contribution in [0.3, 0.4) is 0 Å². The van der Waals surface area contributed by atoms with Crippen molar-refractivity contribution in [3.8, 4) is 5.75 Å². The molecular formula is C10H8F2OS. The van der Waals surface area contributed by atoms with Gasteiger partial charge in [-0.1, -0.05) is 0 Å². The topological polar surface area (TPSA) is 20.2 Å². The smallest absolute Gasteiger partial charge is 0.272 e. The van der Waals surface area contributed by atoms with Crippen molar-refractivity contribution in [3.05, 3.63) is 28.6 Å². The van der Waals surface area contributed by atoms with E-state index < -0.39 is 6.43 Å². The van der Waals surface area contributed by atoms with Gasteiger partial charge in [0.2, 0.25) is 0 Å². The van der Waals surface area contributed by atoms with Gasteiger partial charge in [-0.05, 0) is 36.1 Å². The number of phenolic OH excluding ortho intramolecular Hbond substituents is 1. The van der Waals surface area contributed by atoms with E-state index in [2.05, 4.69) is 0 Å². The summed E-state index contributed by atoms with van der Waals surface area (Å²) in [6.07, 6.45) is -2.44. The van der Waals surface area contributed by atoms with Crippen LogP contribution in [0.25, 0.3) is 10.1 Å². The lowest BCUT2D eigenvalue weighted by atomic mass is 10.2. The van der Waals surface area contributed by atoms with Crippen molar-refractivity contribution in [2.45, 2.75) is 13.3 Å². The molecule has 1 aromatic heterocycles. The van der Waals surface area contributed by atoms with Gasteiger partial charge in [-0.3, -0.25) is 0 Å². The predicted molar refractivity (Wildman–Crippen MR) is 53.2 cm³/mol. The second-order valence-electron chi connectivity index (χ2n) is 3.13. The van der Waals surface area contributed by atoms with Crippen molar-refractivity contribution in [2.75, 3.05) is 0 Å². The number of alkyl halides is 2. The number of hydrogen-bond acceptors (Lipinski definition) is 2. The zero-order valence-corrected chi connectivity index (χ0v) is 8.24. The number of aromatic hydroxyl groups is 1. The van der Waals surface area contributed by atoms with Crippen molar-refractivity contribution in [3.63, 3.8) is 0 Å². The highest BCUT2D eigenvalue weighted by Crippen LogP contribution is 2.36. The average molecular weight is 214 g/mol. The summed E-state index contributed by atoms with van der Waals surface area (Å²) < 4.78 is 25.6. The lowest BCUT2D eigenvalue weighted by molar-refractivity contribution is 0.156. The molecule has 0 fully saturated rings. The molecule has 0 saturated heterocycles. The highest BCUT2D eigenvalue weighted by molar-refractivity contribution is 7.19. The number of hydrogen-bond donors (Lipinski definition) is 1. The van der Waals surface area contributed by atoms with Gasteiger partial charge in [0.15, 0.2) is 0 Å². The summed E-state index contributed by atoms with van der Waals surface area (Å²) in [6.45, 7) is 1.80. The van der Waals surface area contributed by atoms with E-state index in [0.717, 1.165) is 21.6 Å². The molecule has 0 atom stereocenters. The Morgan fingerprint density at radius 2 is 2.00 bits per heavy atom. The molecule has 0 aliphatic heterocycles. The van der Waals surface area contributed by atoms with E-state index >= 15 is 0 Å². The maximum absolute atomic E-state index is 12.4. The van der Waals surface area contributed by atoms with E-state index in [-0.39, 0.29) is 10.6 Å². The van der Waals surface area contributed by atoms with Crippen LogP contribution in [0.5, 0.6) is 5.75 Å². The summed E-state index contributed by atoms with van der Waals surface area (Å²) in [4.78, 5) is 0.0497. The van der Waals surface area contributed by atoms with Gasteiger partial charge in [-0.2, -0.15) is 0 Å². The first-order valence-corrected chi connectivity index (χ1v) is 4.91. The van der Waals surface area contributed by atoms with Crippen LogP contribution in [0.2, 0.25) is 0 Å². The Kier molecular flexibility index (Phi) is 2.15. The second kappa shape index (κ2) is 3.20. The summed E-state index contributed by atoms with van der Waals surface area (Å²) in [5.41, 5.74) is 0.830. The number of halogens is 2. The van der Waals surface area contributed by atoms with Crippen molar-refractivity contribution in [1.29, 1.82) is 0 Å². The van der Waals surface area contributed by atoms with Gasteiger partial charge in [0.1, 0.15) is 5.75 Å². The van der Waals surface area contributed by atoms with Gasteiger partial charge < -0.3 is 5.11 Å². The SMILES string of the molecule is Cc1cc(O)cc2cc(C(F)F)sc12. The summed E-state index contributed by atoms with van der Waals surface area (Å²) in [6, 6.07) is 4.51. The number of aryl methyl sites for hydroxylation is 1. The number of benzene rings is 1. The largest absolute Gasteiger partial charge is 0.508 e. The van der Waals surface area contributed by atoms with Crippen LogP contribution in [-0.2, 0) is 0 Å². The first kappa shape index (κ1) is 9.40. The molecule has 0 spiro atoms. The molecule has 1 nitrogen and oxygen atoms in total. The molecule has 2 aromatic rings. The Bertz CT molecular complexity index is 476. The first-order chi connectivity index (χ1) is 6.58. The molecule has 0 unspecified atom stereocenters. The molecule has 2 rings (SSSR count). The van der Waals surface area contributed by atoms with Crippen LogP contribution < -0.4 is 0 Å². The van der Waals surface area contributed by atoms with E-state index in [4.69, 9.17) is 0 Å². The van der Waals surface area contributed by atoms with Crippen molar-refractivity contribution in [1.82, 2.24) is 0 Å². The van der Waals surface area contributed by atoms with Crippen LogP contribution in [0.1, 0.15) is 16.9 Å².